The highest BCUT2D eigenvalue weighted by Crippen LogP contribution is 2.26. The summed E-state index contributed by atoms with van der Waals surface area (Å²) in [5.41, 5.74) is 1.14. The van der Waals surface area contributed by atoms with Crippen LogP contribution in [0.3, 0.4) is 0 Å². The fraction of sp³-hybridized carbons (Fsp3) is 0.632. The molecule has 0 radical (unpaired) electrons. The Bertz CT molecular complexity index is 478. The smallest absolute Gasteiger partial charge is 0.223 e. The van der Waals surface area contributed by atoms with E-state index in [4.69, 9.17) is 4.74 Å². The zero-order valence-electron chi connectivity index (χ0n) is 14.2. The van der Waals surface area contributed by atoms with Crippen LogP contribution in [0.1, 0.15) is 57.9 Å². The quantitative estimate of drug-likeness (QED) is 0.702. The zero-order valence-corrected chi connectivity index (χ0v) is 14.2. The number of hydrogen-bond acceptors (Lipinski definition) is 2. The number of carbonyl (C=O) groups is 1. The van der Waals surface area contributed by atoms with Gasteiger partial charge in [-0.3, -0.25) is 4.79 Å². The van der Waals surface area contributed by atoms with Gasteiger partial charge in [0, 0.05) is 18.5 Å². The molecule has 0 unspecified atom stereocenters. The van der Waals surface area contributed by atoms with Crippen molar-refractivity contribution in [1.82, 2.24) is 4.90 Å². The van der Waals surface area contributed by atoms with Crippen molar-refractivity contribution in [3.05, 3.63) is 29.8 Å². The van der Waals surface area contributed by atoms with E-state index in [9.17, 15) is 4.79 Å². The largest absolute Gasteiger partial charge is 0.493 e. The summed E-state index contributed by atoms with van der Waals surface area (Å²) >= 11 is 0. The van der Waals surface area contributed by atoms with Gasteiger partial charge in [-0.25, -0.2) is 0 Å². The second-order valence-electron chi connectivity index (χ2n) is 6.55. The molecule has 0 bridgehead atoms. The number of aryl methyl sites for hydroxylation is 1. The van der Waals surface area contributed by atoms with Gasteiger partial charge in [0.1, 0.15) is 5.75 Å². The van der Waals surface area contributed by atoms with Gasteiger partial charge in [0.15, 0.2) is 0 Å². The summed E-state index contributed by atoms with van der Waals surface area (Å²) in [4.78, 5) is 14.6. The van der Waals surface area contributed by atoms with E-state index >= 15 is 0 Å². The molecular formula is C19H29NO2. The summed E-state index contributed by atoms with van der Waals surface area (Å²) in [6.45, 7) is 6.90. The normalized spacial score (nSPS) is 15.3. The maximum absolute atomic E-state index is 12.5. The predicted octanol–water partition coefficient (Wildman–Crippen LogP) is 4.33. The summed E-state index contributed by atoms with van der Waals surface area (Å²) < 4.78 is 5.78. The van der Waals surface area contributed by atoms with Crippen LogP contribution in [0.25, 0.3) is 0 Å². The van der Waals surface area contributed by atoms with E-state index in [-0.39, 0.29) is 5.91 Å². The molecule has 1 aromatic rings. The van der Waals surface area contributed by atoms with Crippen LogP contribution in [0.5, 0.6) is 5.75 Å². The molecule has 3 nitrogen and oxygen atoms in total. The average Bonchev–Trinajstić information content (AvgIpc) is 2.99. The summed E-state index contributed by atoms with van der Waals surface area (Å²) in [5, 5.41) is 0. The van der Waals surface area contributed by atoms with Crippen LogP contribution in [-0.4, -0.2) is 29.5 Å². The third kappa shape index (κ3) is 4.49. The standard InChI is InChI=1S/C19H29NO2/c1-15(2)20(17-10-5-6-11-17)19(21)13-8-14-22-18-12-7-4-9-16(18)3/h4,7,9,12,15,17H,5-6,8,10-11,13-14H2,1-3H3. The topological polar surface area (TPSA) is 29.5 Å². The van der Waals surface area contributed by atoms with Crippen molar-refractivity contribution < 1.29 is 9.53 Å². The number of rotatable bonds is 7. The van der Waals surface area contributed by atoms with Crippen molar-refractivity contribution in [2.75, 3.05) is 6.61 Å². The highest BCUT2D eigenvalue weighted by Gasteiger charge is 2.28. The summed E-state index contributed by atoms with van der Waals surface area (Å²) in [6.07, 6.45) is 6.23. The van der Waals surface area contributed by atoms with Crippen LogP contribution in [0.15, 0.2) is 24.3 Å². The lowest BCUT2D eigenvalue weighted by atomic mass is 10.1. The molecular weight excluding hydrogens is 274 g/mol. The number of nitrogens with zero attached hydrogens (tertiary/aromatic N) is 1. The maximum atomic E-state index is 12.5. The first-order valence-electron chi connectivity index (χ1n) is 8.59. The molecule has 1 amide bonds. The van der Waals surface area contributed by atoms with Crippen molar-refractivity contribution in [3.8, 4) is 5.75 Å². The first-order chi connectivity index (χ1) is 10.6. The van der Waals surface area contributed by atoms with Crippen LogP contribution in [-0.2, 0) is 4.79 Å². The van der Waals surface area contributed by atoms with Crippen LogP contribution < -0.4 is 4.74 Å². The Morgan fingerprint density at radius 3 is 2.59 bits per heavy atom. The number of carbonyl (C=O) groups excluding carboxylic acids is 1. The molecule has 0 heterocycles. The number of para-hydroxylation sites is 1. The number of hydrogen-bond donors (Lipinski definition) is 0. The minimum atomic E-state index is 0.287. The van der Waals surface area contributed by atoms with Gasteiger partial charge in [0.25, 0.3) is 0 Å². The lowest BCUT2D eigenvalue weighted by Gasteiger charge is -2.33. The highest BCUT2D eigenvalue weighted by atomic mass is 16.5. The van der Waals surface area contributed by atoms with Gasteiger partial charge in [-0.2, -0.15) is 0 Å². The number of ether oxygens (including phenoxy) is 1. The SMILES string of the molecule is Cc1ccccc1OCCCC(=O)N(C(C)C)C1CCCC1. The fourth-order valence-corrected chi connectivity index (χ4v) is 3.35. The van der Waals surface area contributed by atoms with Gasteiger partial charge >= 0.3 is 0 Å². The molecule has 1 fully saturated rings. The Kier molecular flexibility index (Phi) is 6.29. The second kappa shape index (κ2) is 8.21. The zero-order chi connectivity index (χ0) is 15.9. The predicted molar refractivity (Wildman–Crippen MR) is 90.1 cm³/mol. The highest BCUT2D eigenvalue weighted by molar-refractivity contribution is 5.76. The van der Waals surface area contributed by atoms with E-state index in [1.165, 1.54) is 25.7 Å². The van der Waals surface area contributed by atoms with Gasteiger partial charge in [-0.1, -0.05) is 31.0 Å². The van der Waals surface area contributed by atoms with Crippen molar-refractivity contribution in [2.45, 2.75) is 71.4 Å². The van der Waals surface area contributed by atoms with E-state index in [0.29, 0.717) is 25.1 Å². The Morgan fingerprint density at radius 1 is 1.27 bits per heavy atom. The second-order valence-corrected chi connectivity index (χ2v) is 6.55. The van der Waals surface area contributed by atoms with E-state index in [1.807, 2.05) is 31.2 Å². The van der Waals surface area contributed by atoms with E-state index < -0.39 is 0 Å². The molecule has 0 N–H and O–H groups in total. The van der Waals surface area contributed by atoms with Crippen molar-refractivity contribution >= 4 is 5.91 Å². The van der Waals surface area contributed by atoms with Gasteiger partial charge in [0.2, 0.25) is 5.91 Å². The number of amides is 1. The lowest BCUT2D eigenvalue weighted by molar-refractivity contribution is -0.135. The van der Waals surface area contributed by atoms with E-state index in [2.05, 4.69) is 18.7 Å². The Hall–Kier alpha value is -1.51. The minimum absolute atomic E-state index is 0.287. The Balaban J connectivity index is 1.77. The van der Waals surface area contributed by atoms with E-state index in [0.717, 1.165) is 17.7 Å². The molecule has 3 heteroatoms. The van der Waals surface area contributed by atoms with Gasteiger partial charge < -0.3 is 9.64 Å². The van der Waals surface area contributed by atoms with Crippen molar-refractivity contribution in [2.24, 2.45) is 0 Å². The molecule has 1 aliphatic rings. The Labute approximate surface area is 134 Å². The Morgan fingerprint density at radius 2 is 1.95 bits per heavy atom. The van der Waals surface area contributed by atoms with Crippen molar-refractivity contribution in [3.63, 3.8) is 0 Å². The van der Waals surface area contributed by atoms with Crippen molar-refractivity contribution in [1.29, 1.82) is 0 Å². The maximum Gasteiger partial charge on any atom is 0.223 e. The molecule has 0 spiro atoms. The van der Waals surface area contributed by atoms with E-state index in [1.54, 1.807) is 0 Å². The first-order valence-corrected chi connectivity index (χ1v) is 8.59. The van der Waals surface area contributed by atoms with Gasteiger partial charge in [-0.15, -0.1) is 0 Å². The summed E-state index contributed by atoms with van der Waals surface area (Å²) in [6, 6.07) is 8.77. The fourth-order valence-electron chi connectivity index (χ4n) is 3.35. The molecule has 2 rings (SSSR count). The molecule has 1 aromatic carbocycles. The molecule has 0 aromatic heterocycles. The molecule has 1 saturated carbocycles. The van der Waals surface area contributed by atoms with Crippen LogP contribution in [0.2, 0.25) is 0 Å². The molecule has 0 atom stereocenters. The molecule has 0 saturated heterocycles. The minimum Gasteiger partial charge on any atom is -0.493 e. The first kappa shape index (κ1) is 16.9. The van der Waals surface area contributed by atoms with Crippen LogP contribution >= 0.6 is 0 Å². The van der Waals surface area contributed by atoms with Crippen LogP contribution in [0, 0.1) is 6.92 Å². The molecule has 122 valence electrons. The van der Waals surface area contributed by atoms with Crippen LogP contribution in [0.4, 0.5) is 0 Å². The summed E-state index contributed by atoms with van der Waals surface area (Å²) in [5.74, 6) is 1.21. The lowest BCUT2D eigenvalue weighted by Crippen LogP contribution is -2.43. The molecule has 0 aliphatic heterocycles. The number of benzene rings is 1. The molecule has 22 heavy (non-hydrogen) atoms. The monoisotopic (exact) mass is 303 g/mol. The van der Waals surface area contributed by atoms with Gasteiger partial charge in [-0.05, 0) is 51.7 Å². The average molecular weight is 303 g/mol. The third-order valence-corrected chi connectivity index (χ3v) is 4.45. The van der Waals surface area contributed by atoms with Gasteiger partial charge in [0.05, 0.1) is 6.61 Å². The summed E-state index contributed by atoms with van der Waals surface area (Å²) in [7, 11) is 0. The molecule has 1 aliphatic carbocycles. The third-order valence-electron chi connectivity index (χ3n) is 4.45.